The number of benzene rings is 1. The highest BCUT2D eigenvalue weighted by atomic mass is 16.5. The van der Waals surface area contributed by atoms with Gasteiger partial charge in [-0.3, -0.25) is 4.79 Å². The SMILES string of the molecule is CCCCCCCCCCCCCCCCNC(=O)c1ccccc1OCCCC. The van der Waals surface area contributed by atoms with Gasteiger partial charge >= 0.3 is 0 Å². The van der Waals surface area contributed by atoms with Crippen molar-refractivity contribution < 1.29 is 9.53 Å². The quantitative estimate of drug-likeness (QED) is 0.218. The van der Waals surface area contributed by atoms with E-state index in [0.717, 1.165) is 25.8 Å². The second-order valence-corrected chi connectivity index (χ2v) is 8.55. The summed E-state index contributed by atoms with van der Waals surface area (Å²) >= 11 is 0. The third-order valence-corrected chi connectivity index (χ3v) is 5.70. The van der Waals surface area contributed by atoms with Gasteiger partial charge in [0.2, 0.25) is 0 Å². The number of amides is 1. The molecule has 1 aromatic carbocycles. The second kappa shape index (κ2) is 19.5. The number of para-hydroxylation sites is 1. The van der Waals surface area contributed by atoms with Gasteiger partial charge in [-0.2, -0.15) is 0 Å². The number of carbonyl (C=O) groups is 1. The van der Waals surface area contributed by atoms with Crippen LogP contribution < -0.4 is 10.1 Å². The summed E-state index contributed by atoms with van der Waals surface area (Å²) < 4.78 is 5.77. The van der Waals surface area contributed by atoms with E-state index in [4.69, 9.17) is 4.74 Å². The van der Waals surface area contributed by atoms with Crippen molar-refractivity contribution in [3.63, 3.8) is 0 Å². The number of nitrogens with one attached hydrogen (secondary N) is 1. The zero-order chi connectivity index (χ0) is 21.7. The highest BCUT2D eigenvalue weighted by molar-refractivity contribution is 5.96. The minimum absolute atomic E-state index is 0.0169. The summed E-state index contributed by atoms with van der Waals surface area (Å²) in [7, 11) is 0. The van der Waals surface area contributed by atoms with Gasteiger partial charge < -0.3 is 10.1 Å². The molecule has 0 bridgehead atoms. The first-order chi connectivity index (χ1) is 14.8. The lowest BCUT2D eigenvalue weighted by Crippen LogP contribution is -2.25. The average molecular weight is 418 g/mol. The van der Waals surface area contributed by atoms with E-state index in [1.165, 1.54) is 83.5 Å². The Morgan fingerprint density at radius 3 is 1.77 bits per heavy atom. The molecule has 30 heavy (non-hydrogen) atoms. The van der Waals surface area contributed by atoms with Gasteiger partial charge in [-0.25, -0.2) is 0 Å². The van der Waals surface area contributed by atoms with Crippen LogP contribution in [-0.4, -0.2) is 19.1 Å². The van der Waals surface area contributed by atoms with Crippen LogP contribution in [0.1, 0.15) is 127 Å². The second-order valence-electron chi connectivity index (χ2n) is 8.55. The number of hydrogen-bond donors (Lipinski definition) is 1. The van der Waals surface area contributed by atoms with E-state index in [1.807, 2.05) is 24.3 Å². The van der Waals surface area contributed by atoms with E-state index in [9.17, 15) is 4.79 Å². The Bertz CT molecular complexity index is 529. The molecule has 0 aliphatic rings. The molecule has 0 unspecified atom stereocenters. The van der Waals surface area contributed by atoms with E-state index >= 15 is 0 Å². The maximum Gasteiger partial charge on any atom is 0.255 e. The standard InChI is InChI=1S/C27H47NO2/c1-3-5-7-8-9-10-11-12-13-14-15-16-17-20-23-28-27(29)25-21-18-19-22-26(25)30-24-6-4-2/h18-19,21-22H,3-17,20,23-24H2,1-2H3,(H,28,29). The fourth-order valence-electron chi connectivity index (χ4n) is 3.72. The fraction of sp³-hybridized carbons (Fsp3) is 0.741. The van der Waals surface area contributed by atoms with Gasteiger partial charge in [0.1, 0.15) is 5.75 Å². The molecule has 0 radical (unpaired) electrons. The number of ether oxygens (including phenoxy) is 1. The first-order valence-corrected chi connectivity index (χ1v) is 12.8. The Kier molecular flexibility index (Phi) is 17.2. The molecule has 0 saturated carbocycles. The van der Waals surface area contributed by atoms with Crippen molar-refractivity contribution in [2.24, 2.45) is 0 Å². The Morgan fingerprint density at radius 1 is 0.700 bits per heavy atom. The van der Waals surface area contributed by atoms with Gasteiger partial charge in [-0.1, -0.05) is 116 Å². The van der Waals surface area contributed by atoms with Crippen molar-refractivity contribution in [2.45, 2.75) is 117 Å². The van der Waals surface area contributed by atoms with Crippen LogP contribution in [0.5, 0.6) is 5.75 Å². The first kappa shape index (κ1) is 26.5. The maximum absolute atomic E-state index is 12.4. The largest absolute Gasteiger partial charge is 0.493 e. The lowest BCUT2D eigenvalue weighted by Gasteiger charge is -2.11. The minimum Gasteiger partial charge on any atom is -0.493 e. The zero-order valence-electron chi connectivity index (χ0n) is 19.9. The molecule has 1 aromatic rings. The predicted molar refractivity (Wildman–Crippen MR) is 129 cm³/mol. The molecule has 1 N–H and O–H groups in total. The van der Waals surface area contributed by atoms with Crippen LogP contribution in [-0.2, 0) is 0 Å². The molecule has 0 aromatic heterocycles. The lowest BCUT2D eigenvalue weighted by molar-refractivity contribution is 0.0948. The van der Waals surface area contributed by atoms with E-state index in [0.29, 0.717) is 17.9 Å². The molecule has 0 aliphatic heterocycles. The number of rotatable bonds is 20. The summed E-state index contributed by atoms with van der Waals surface area (Å²) in [6.45, 7) is 5.83. The molecule has 0 aliphatic carbocycles. The zero-order valence-corrected chi connectivity index (χ0v) is 19.9. The summed E-state index contributed by atoms with van der Waals surface area (Å²) in [6.07, 6.45) is 21.0. The number of carbonyl (C=O) groups excluding carboxylic acids is 1. The molecule has 0 atom stereocenters. The molecule has 0 fully saturated rings. The normalized spacial score (nSPS) is 10.9. The number of unbranched alkanes of at least 4 members (excludes halogenated alkanes) is 14. The van der Waals surface area contributed by atoms with Gasteiger partial charge in [-0.15, -0.1) is 0 Å². The third kappa shape index (κ3) is 13.7. The van der Waals surface area contributed by atoms with Crippen LogP contribution in [0.25, 0.3) is 0 Å². The van der Waals surface area contributed by atoms with Crippen LogP contribution in [0, 0.1) is 0 Å². The Morgan fingerprint density at radius 2 is 1.20 bits per heavy atom. The van der Waals surface area contributed by atoms with Crippen LogP contribution in [0.4, 0.5) is 0 Å². The predicted octanol–water partition coefficient (Wildman–Crippen LogP) is 8.08. The van der Waals surface area contributed by atoms with Gasteiger partial charge in [0.25, 0.3) is 5.91 Å². The highest BCUT2D eigenvalue weighted by Gasteiger charge is 2.11. The summed E-state index contributed by atoms with van der Waals surface area (Å²) in [5, 5.41) is 3.05. The minimum atomic E-state index is -0.0169. The van der Waals surface area contributed by atoms with Crippen LogP contribution in [0.2, 0.25) is 0 Å². The topological polar surface area (TPSA) is 38.3 Å². The molecule has 0 saturated heterocycles. The van der Waals surface area contributed by atoms with Crippen molar-refractivity contribution in [1.29, 1.82) is 0 Å². The van der Waals surface area contributed by atoms with Crippen molar-refractivity contribution >= 4 is 5.91 Å². The molecular weight excluding hydrogens is 370 g/mol. The molecule has 172 valence electrons. The van der Waals surface area contributed by atoms with E-state index in [1.54, 1.807) is 0 Å². The van der Waals surface area contributed by atoms with E-state index in [-0.39, 0.29) is 5.91 Å². The Labute approximate surface area is 186 Å². The van der Waals surface area contributed by atoms with E-state index < -0.39 is 0 Å². The average Bonchev–Trinajstić information content (AvgIpc) is 2.77. The lowest BCUT2D eigenvalue weighted by atomic mass is 10.0. The molecule has 1 rings (SSSR count). The summed E-state index contributed by atoms with van der Waals surface area (Å²) in [5.74, 6) is 0.682. The Hall–Kier alpha value is -1.51. The van der Waals surface area contributed by atoms with Crippen molar-refractivity contribution in [1.82, 2.24) is 5.32 Å². The summed E-state index contributed by atoms with van der Waals surface area (Å²) in [6, 6.07) is 7.55. The smallest absolute Gasteiger partial charge is 0.255 e. The fourth-order valence-corrected chi connectivity index (χ4v) is 3.72. The molecule has 3 nitrogen and oxygen atoms in total. The molecule has 1 amide bonds. The highest BCUT2D eigenvalue weighted by Crippen LogP contribution is 2.18. The molecular formula is C27H47NO2. The van der Waals surface area contributed by atoms with Gasteiger partial charge in [-0.05, 0) is 25.0 Å². The van der Waals surface area contributed by atoms with Crippen LogP contribution >= 0.6 is 0 Å². The Balaban J connectivity index is 1.97. The van der Waals surface area contributed by atoms with Gasteiger partial charge in [0.15, 0.2) is 0 Å². The van der Waals surface area contributed by atoms with Crippen LogP contribution in [0.15, 0.2) is 24.3 Å². The van der Waals surface area contributed by atoms with Crippen molar-refractivity contribution in [3.05, 3.63) is 29.8 Å². The van der Waals surface area contributed by atoms with E-state index in [2.05, 4.69) is 19.2 Å². The van der Waals surface area contributed by atoms with Gasteiger partial charge in [0.05, 0.1) is 12.2 Å². The third-order valence-electron chi connectivity index (χ3n) is 5.70. The van der Waals surface area contributed by atoms with Crippen molar-refractivity contribution in [3.8, 4) is 5.75 Å². The monoisotopic (exact) mass is 417 g/mol. The first-order valence-electron chi connectivity index (χ1n) is 12.8. The molecule has 0 heterocycles. The van der Waals surface area contributed by atoms with Crippen LogP contribution in [0.3, 0.4) is 0 Å². The summed E-state index contributed by atoms with van der Waals surface area (Å²) in [5.41, 5.74) is 0.652. The summed E-state index contributed by atoms with van der Waals surface area (Å²) in [4.78, 5) is 12.4. The molecule has 3 heteroatoms. The number of hydrogen-bond acceptors (Lipinski definition) is 2. The van der Waals surface area contributed by atoms with Crippen molar-refractivity contribution in [2.75, 3.05) is 13.2 Å². The molecule has 0 spiro atoms. The maximum atomic E-state index is 12.4. The van der Waals surface area contributed by atoms with Gasteiger partial charge in [0, 0.05) is 6.54 Å².